The van der Waals surface area contributed by atoms with Crippen LogP contribution in [0, 0.1) is 0 Å². The molecule has 0 aromatic heterocycles. The summed E-state index contributed by atoms with van der Waals surface area (Å²) in [6, 6.07) is 5.74. The molecule has 1 rings (SSSR count). The Hall–Kier alpha value is -2.37. The lowest BCUT2D eigenvalue weighted by molar-refractivity contribution is -0.120. The van der Waals surface area contributed by atoms with Crippen LogP contribution in [0.25, 0.3) is 0 Å². The molecule has 3 amide bonds. The first-order chi connectivity index (χ1) is 8.93. The molecule has 4 N–H and O–H groups in total. The predicted molar refractivity (Wildman–Crippen MR) is 71.5 cm³/mol. The lowest BCUT2D eigenvalue weighted by atomic mass is 10.1. The quantitative estimate of drug-likeness (QED) is 0.726. The summed E-state index contributed by atoms with van der Waals surface area (Å²) in [5.41, 5.74) is 6.03. The van der Waals surface area contributed by atoms with Crippen molar-refractivity contribution >= 4 is 23.4 Å². The maximum atomic E-state index is 11.9. The Kier molecular flexibility index (Phi) is 5.05. The first-order valence-electron chi connectivity index (χ1n) is 5.92. The molecule has 19 heavy (non-hydrogen) atoms. The van der Waals surface area contributed by atoms with Crippen LogP contribution in [-0.2, 0) is 9.59 Å². The number of anilines is 1. The minimum atomic E-state index is -0.697. The van der Waals surface area contributed by atoms with Gasteiger partial charge in [0, 0.05) is 18.2 Å². The zero-order chi connectivity index (χ0) is 14.4. The summed E-state index contributed by atoms with van der Waals surface area (Å²) in [7, 11) is 0. The zero-order valence-electron chi connectivity index (χ0n) is 10.9. The molecule has 0 saturated carbocycles. The highest BCUT2D eigenvalue weighted by atomic mass is 16.2. The molecule has 0 aliphatic carbocycles. The second-order valence-electron chi connectivity index (χ2n) is 4.10. The molecule has 0 unspecified atom stereocenters. The van der Waals surface area contributed by atoms with Crippen molar-refractivity contribution in [3.05, 3.63) is 29.8 Å². The van der Waals surface area contributed by atoms with Crippen LogP contribution in [0.3, 0.4) is 0 Å². The molecular formula is C13H17N3O3. The third-order valence-electron chi connectivity index (χ3n) is 2.50. The van der Waals surface area contributed by atoms with Gasteiger partial charge in [-0.3, -0.25) is 14.4 Å². The van der Waals surface area contributed by atoms with E-state index in [1.807, 2.05) is 0 Å². The van der Waals surface area contributed by atoms with E-state index in [0.717, 1.165) is 0 Å². The first-order valence-corrected chi connectivity index (χ1v) is 5.92. The molecule has 1 atom stereocenters. The van der Waals surface area contributed by atoms with Gasteiger partial charge in [-0.2, -0.15) is 0 Å². The maximum absolute atomic E-state index is 11.9. The van der Waals surface area contributed by atoms with E-state index in [1.165, 1.54) is 13.0 Å². The van der Waals surface area contributed by atoms with Crippen LogP contribution in [0.15, 0.2) is 24.3 Å². The molecule has 0 bridgehead atoms. The van der Waals surface area contributed by atoms with Gasteiger partial charge in [0.15, 0.2) is 0 Å². The van der Waals surface area contributed by atoms with Gasteiger partial charge in [0.2, 0.25) is 11.8 Å². The summed E-state index contributed by atoms with van der Waals surface area (Å²) in [4.78, 5) is 33.9. The van der Waals surface area contributed by atoms with Crippen LogP contribution >= 0.6 is 0 Å². The van der Waals surface area contributed by atoms with Crippen molar-refractivity contribution < 1.29 is 14.4 Å². The number of carbonyl (C=O) groups excluding carboxylic acids is 3. The fourth-order valence-electron chi connectivity index (χ4n) is 1.56. The molecule has 0 saturated heterocycles. The SMILES string of the molecule is CC[C@H](NC(=O)c1cccc(NC(C)=O)c1)C(N)=O. The lowest BCUT2D eigenvalue weighted by Crippen LogP contribution is -2.43. The van der Waals surface area contributed by atoms with E-state index in [4.69, 9.17) is 5.73 Å². The third kappa shape index (κ3) is 4.42. The van der Waals surface area contributed by atoms with E-state index < -0.39 is 17.9 Å². The topological polar surface area (TPSA) is 101 Å². The van der Waals surface area contributed by atoms with Gasteiger partial charge in [0.1, 0.15) is 6.04 Å². The molecule has 0 spiro atoms. The first kappa shape index (κ1) is 14.7. The number of rotatable bonds is 5. The number of hydrogen-bond acceptors (Lipinski definition) is 3. The maximum Gasteiger partial charge on any atom is 0.252 e. The summed E-state index contributed by atoms with van der Waals surface area (Å²) in [6.07, 6.45) is 0.423. The number of nitrogens with one attached hydrogen (secondary N) is 2. The summed E-state index contributed by atoms with van der Waals surface area (Å²) < 4.78 is 0. The Morgan fingerprint density at radius 3 is 2.53 bits per heavy atom. The van der Waals surface area contributed by atoms with Crippen LogP contribution in [0.1, 0.15) is 30.6 Å². The van der Waals surface area contributed by atoms with E-state index in [2.05, 4.69) is 10.6 Å². The number of primary amides is 1. The molecule has 0 heterocycles. The number of benzene rings is 1. The highest BCUT2D eigenvalue weighted by molar-refractivity contribution is 5.99. The van der Waals surface area contributed by atoms with Crippen molar-refractivity contribution in [3.8, 4) is 0 Å². The highest BCUT2D eigenvalue weighted by Gasteiger charge is 2.16. The molecule has 0 aliphatic heterocycles. The highest BCUT2D eigenvalue weighted by Crippen LogP contribution is 2.10. The van der Waals surface area contributed by atoms with E-state index in [-0.39, 0.29) is 5.91 Å². The van der Waals surface area contributed by atoms with Crippen LogP contribution in [-0.4, -0.2) is 23.8 Å². The minimum Gasteiger partial charge on any atom is -0.368 e. The van der Waals surface area contributed by atoms with E-state index in [1.54, 1.807) is 25.1 Å². The van der Waals surface area contributed by atoms with E-state index in [9.17, 15) is 14.4 Å². The summed E-state index contributed by atoms with van der Waals surface area (Å²) >= 11 is 0. The normalized spacial score (nSPS) is 11.5. The molecular weight excluding hydrogens is 246 g/mol. The van der Waals surface area contributed by atoms with Gasteiger partial charge in [-0.15, -0.1) is 0 Å². The smallest absolute Gasteiger partial charge is 0.252 e. The van der Waals surface area contributed by atoms with Gasteiger partial charge in [0.25, 0.3) is 5.91 Å². The van der Waals surface area contributed by atoms with Crippen molar-refractivity contribution in [2.45, 2.75) is 26.3 Å². The Labute approximate surface area is 111 Å². The van der Waals surface area contributed by atoms with Gasteiger partial charge in [-0.05, 0) is 24.6 Å². The summed E-state index contributed by atoms with van der Waals surface area (Å²) in [5.74, 6) is -1.20. The van der Waals surface area contributed by atoms with Gasteiger partial charge in [0.05, 0.1) is 0 Å². The second kappa shape index (κ2) is 6.53. The fraction of sp³-hybridized carbons (Fsp3) is 0.308. The Morgan fingerprint density at radius 2 is 2.00 bits per heavy atom. The van der Waals surface area contributed by atoms with Crippen molar-refractivity contribution in [1.29, 1.82) is 0 Å². The lowest BCUT2D eigenvalue weighted by Gasteiger charge is -2.13. The minimum absolute atomic E-state index is 0.221. The number of hydrogen-bond donors (Lipinski definition) is 3. The molecule has 0 radical (unpaired) electrons. The van der Waals surface area contributed by atoms with Crippen molar-refractivity contribution in [2.24, 2.45) is 5.73 Å². The Balaban J connectivity index is 2.82. The molecule has 1 aromatic carbocycles. The Bertz CT molecular complexity index is 500. The van der Waals surface area contributed by atoms with Gasteiger partial charge in [-0.1, -0.05) is 13.0 Å². The third-order valence-corrected chi connectivity index (χ3v) is 2.50. The molecule has 1 aromatic rings. The Morgan fingerprint density at radius 1 is 1.32 bits per heavy atom. The number of carbonyl (C=O) groups is 3. The summed E-state index contributed by atoms with van der Waals surface area (Å²) in [6.45, 7) is 3.14. The van der Waals surface area contributed by atoms with Gasteiger partial charge >= 0.3 is 0 Å². The number of nitrogens with two attached hydrogens (primary N) is 1. The van der Waals surface area contributed by atoms with Crippen molar-refractivity contribution in [2.75, 3.05) is 5.32 Å². The van der Waals surface area contributed by atoms with Crippen LogP contribution in [0.2, 0.25) is 0 Å². The molecule has 0 fully saturated rings. The van der Waals surface area contributed by atoms with Crippen LogP contribution < -0.4 is 16.4 Å². The zero-order valence-corrected chi connectivity index (χ0v) is 10.9. The average Bonchev–Trinajstić information content (AvgIpc) is 2.34. The molecule has 6 heteroatoms. The average molecular weight is 263 g/mol. The predicted octanol–water partition coefficient (Wildman–Crippen LogP) is 0.639. The monoisotopic (exact) mass is 263 g/mol. The van der Waals surface area contributed by atoms with Crippen molar-refractivity contribution in [1.82, 2.24) is 5.32 Å². The molecule has 6 nitrogen and oxygen atoms in total. The largest absolute Gasteiger partial charge is 0.368 e. The van der Waals surface area contributed by atoms with E-state index in [0.29, 0.717) is 17.7 Å². The standard InChI is InChI=1S/C13H17N3O3/c1-3-11(12(14)18)16-13(19)9-5-4-6-10(7-9)15-8(2)17/h4-7,11H,3H2,1-2H3,(H2,14,18)(H,15,17)(H,16,19)/t11-/m0/s1. The van der Waals surface area contributed by atoms with Crippen LogP contribution in [0.4, 0.5) is 5.69 Å². The second-order valence-corrected chi connectivity index (χ2v) is 4.10. The molecule has 0 aliphatic rings. The van der Waals surface area contributed by atoms with Crippen molar-refractivity contribution in [3.63, 3.8) is 0 Å². The molecule has 102 valence electrons. The summed E-state index contributed by atoms with van der Waals surface area (Å²) in [5, 5.41) is 5.12. The number of amides is 3. The van der Waals surface area contributed by atoms with Gasteiger partial charge in [-0.25, -0.2) is 0 Å². The van der Waals surface area contributed by atoms with Crippen LogP contribution in [0.5, 0.6) is 0 Å². The fourth-order valence-corrected chi connectivity index (χ4v) is 1.56. The van der Waals surface area contributed by atoms with E-state index >= 15 is 0 Å². The van der Waals surface area contributed by atoms with Gasteiger partial charge < -0.3 is 16.4 Å².